The summed E-state index contributed by atoms with van der Waals surface area (Å²) in [5.74, 6) is 1.45. The van der Waals surface area contributed by atoms with Gasteiger partial charge < -0.3 is 14.4 Å². The van der Waals surface area contributed by atoms with Gasteiger partial charge in [0, 0.05) is 31.2 Å². The van der Waals surface area contributed by atoms with Crippen molar-refractivity contribution in [1.29, 1.82) is 0 Å². The molecule has 1 saturated heterocycles. The van der Waals surface area contributed by atoms with Crippen molar-refractivity contribution in [2.24, 2.45) is 5.41 Å². The molecule has 2 aromatic carbocycles. The number of carbonyl (C=O) groups is 2. The summed E-state index contributed by atoms with van der Waals surface area (Å²) in [4.78, 5) is 31.3. The number of rotatable bonds is 6. The van der Waals surface area contributed by atoms with Crippen molar-refractivity contribution in [2.75, 3.05) is 33.9 Å². The van der Waals surface area contributed by atoms with Crippen LogP contribution in [0.3, 0.4) is 0 Å². The van der Waals surface area contributed by atoms with Crippen LogP contribution in [0.2, 0.25) is 0 Å². The lowest BCUT2D eigenvalue weighted by atomic mass is 9.78. The number of hydrogen-bond acceptors (Lipinski definition) is 5. The van der Waals surface area contributed by atoms with Crippen LogP contribution in [0.1, 0.15) is 47.1 Å². The average molecular weight is 437 g/mol. The number of likely N-dealkylation sites (tertiary alicyclic amines) is 1. The molecule has 0 aliphatic carbocycles. The zero-order chi connectivity index (χ0) is 23.0. The molecule has 6 heteroatoms. The molecule has 6 nitrogen and oxygen atoms in total. The summed E-state index contributed by atoms with van der Waals surface area (Å²) in [7, 11) is 3.27. The Labute approximate surface area is 190 Å². The van der Waals surface area contributed by atoms with E-state index < -0.39 is 5.41 Å². The molecule has 2 aliphatic heterocycles. The SMILES string of the molecule is CCN1C(=O)c2ccccc2C(=O)[C@@]2(C)CN(C(C)Cc3ccc(OC)c(OC)c3)C[C@@H]12. The highest BCUT2D eigenvalue weighted by atomic mass is 16.5. The predicted molar refractivity (Wildman–Crippen MR) is 124 cm³/mol. The fourth-order valence-corrected chi connectivity index (χ4v) is 5.33. The van der Waals surface area contributed by atoms with Crippen LogP contribution in [-0.2, 0) is 6.42 Å². The second-order valence-corrected chi connectivity index (χ2v) is 9.07. The molecule has 0 bridgehead atoms. The highest BCUT2D eigenvalue weighted by Gasteiger charge is 2.55. The molecule has 2 heterocycles. The zero-order valence-electron chi connectivity index (χ0n) is 19.6. The highest BCUT2D eigenvalue weighted by molar-refractivity contribution is 6.12. The van der Waals surface area contributed by atoms with Crippen LogP contribution in [-0.4, -0.2) is 67.4 Å². The first-order valence-electron chi connectivity index (χ1n) is 11.2. The minimum atomic E-state index is -0.635. The molecule has 0 saturated carbocycles. The molecule has 4 rings (SSSR count). The zero-order valence-corrected chi connectivity index (χ0v) is 19.6. The number of amides is 1. The monoisotopic (exact) mass is 436 g/mol. The molecule has 170 valence electrons. The van der Waals surface area contributed by atoms with Crippen molar-refractivity contribution in [3.05, 3.63) is 59.2 Å². The van der Waals surface area contributed by atoms with Crippen molar-refractivity contribution in [3.63, 3.8) is 0 Å². The number of methoxy groups -OCH3 is 2. The minimum absolute atomic E-state index is 0.0421. The van der Waals surface area contributed by atoms with E-state index in [1.807, 2.05) is 43.0 Å². The van der Waals surface area contributed by atoms with E-state index in [4.69, 9.17) is 9.47 Å². The molecule has 32 heavy (non-hydrogen) atoms. The third kappa shape index (κ3) is 3.56. The van der Waals surface area contributed by atoms with Crippen molar-refractivity contribution in [2.45, 2.75) is 39.3 Å². The molecule has 0 spiro atoms. The normalized spacial score (nSPS) is 24.0. The molecule has 0 N–H and O–H groups in total. The summed E-state index contributed by atoms with van der Waals surface area (Å²) in [5.41, 5.74) is 1.59. The Morgan fingerprint density at radius 2 is 1.75 bits per heavy atom. The van der Waals surface area contributed by atoms with E-state index in [-0.39, 0.29) is 23.8 Å². The van der Waals surface area contributed by atoms with E-state index in [0.29, 0.717) is 42.3 Å². The highest BCUT2D eigenvalue weighted by Crippen LogP contribution is 2.42. The van der Waals surface area contributed by atoms with E-state index >= 15 is 0 Å². The molecule has 1 amide bonds. The molecule has 1 fully saturated rings. The summed E-state index contributed by atoms with van der Waals surface area (Å²) < 4.78 is 10.8. The summed E-state index contributed by atoms with van der Waals surface area (Å²) in [5, 5.41) is 0. The quantitative estimate of drug-likeness (QED) is 0.691. The van der Waals surface area contributed by atoms with Crippen molar-refractivity contribution < 1.29 is 19.1 Å². The first kappa shape index (κ1) is 22.3. The maximum Gasteiger partial charge on any atom is 0.254 e. The van der Waals surface area contributed by atoms with Crippen LogP contribution in [0.25, 0.3) is 0 Å². The van der Waals surface area contributed by atoms with E-state index in [1.54, 1.807) is 26.4 Å². The maximum absolute atomic E-state index is 13.7. The van der Waals surface area contributed by atoms with Crippen LogP contribution >= 0.6 is 0 Å². The third-order valence-corrected chi connectivity index (χ3v) is 7.18. The van der Waals surface area contributed by atoms with Gasteiger partial charge in [0.2, 0.25) is 0 Å². The predicted octanol–water partition coefficient (Wildman–Crippen LogP) is 3.68. The topological polar surface area (TPSA) is 59.1 Å². The maximum atomic E-state index is 13.7. The largest absolute Gasteiger partial charge is 0.493 e. The Kier molecular flexibility index (Phi) is 5.99. The van der Waals surface area contributed by atoms with Gasteiger partial charge in [0.1, 0.15) is 0 Å². The smallest absolute Gasteiger partial charge is 0.254 e. The number of likely N-dealkylation sites (N-methyl/N-ethyl adjacent to an activating group) is 1. The van der Waals surface area contributed by atoms with Gasteiger partial charge >= 0.3 is 0 Å². The molecule has 1 unspecified atom stereocenters. The second-order valence-electron chi connectivity index (χ2n) is 9.07. The number of nitrogens with zero attached hydrogens (tertiary/aromatic N) is 2. The Hall–Kier alpha value is -2.86. The molecular weight excluding hydrogens is 404 g/mol. The van der Waals surface area contributed by atoms with E-state index in [9.17, 15) is 9.59 Å². The van der Waals surface area contributed by atoms with Crippen molar-refractivity contribution in [1.82, 2.24) is 9.80 Å². The first-order chi connectivity index (χ1) is 15.3. The number of fused-ring (bicyclic) bond motifs is 2. The van der Waals surface area contributed by atoms with Crippen LogP contribution in [0.5, 0.6) is 11.5 Å². The third-order valence-electron chi connectivity index (χ3n) is 7.18. The van der Waals surface area contributed by atoms with Gasteiger partial charge in [0.25, 0.3) is 5.91 Å². The van der Waals surface area contributed by atoms with Gasteiger partial charge in [-0.2, -0.15) is 0 Å². The summed E-state index contributed by atoms with van der Waals surface area (Å²) in [6, 6.07) is 13.3. The van der Waals surface area contributed by atoms with Gasteiger partial charge in [-0.15, -0.1) is 0 Å². The molecular formula is C26H32N2O4. The van der Waals surface area contributed by atoms with E-state index in [2.05, 4.69) is 17.9 Å². The lowest BCUT2D eigenvalue weighted by Gasteiger charge is -2.34. The summed E-state index contributed by atoms with van der Waals surface area (Å²) in [6.45, 7) is 8.10. The lowest BCUT2D eigenvalue weighted by molar-refractivity contribution is 0.0560. The average Bonchev–Trinajstić information content (AvgIpc) is 3.14. The Bertz CT molecular complexity index is 1040. The number of Topliss-reactive ketones (excluding diaryl/α,β-unsaturated/α-hetero) is 1. The van der Waals surface area contributed by atoms with Crippen molar-refractivity contribution in [3.8, 4) is 11.5 Å². The molecule has 2 aromatic rings. The van der Waals surface area contributed by atoms with Gasteiger partial charge in [-0.3, -0.25) is 14.5 Å². The van der Waals surface area contributed by atoms with Gasteiger partial charge in [0.05, 0.1) is 31.2 Å². The van der Waals surface area contributed by atoms with E-state index in [1.165, 1.54) is 0 Å². The number of benzene rings is 2. The fourth-order valence-electron chi connectivity index (χ4n) is 5.33. The molecule has 0 radical (unpaired) electrons. The van der Waals surface area contributed by atoms with E-state index in [0.717, 1.165) is 12.0 Å². The van der Waals surface area contributed by atoms with Crippen LogP contribution < -0.4 is 9.47 Å². The van der Waals surface area contributed by atoms with Gasteiger partial charge in [-0.25, -0.2) is 0 Å². The van der Waals surface area contributed by atoms with Gasteiger partial charge in [-0.1, -0.05) is 24.3 Å². The summed E-state index contributed by atoms with van der Waals surface area (Å²) in [6.07, 6.45) is 0.813. The number of carbonyl (C=O) groups excluding carboxylic acids is 2. The van der Waals surface area contributed by atoms with Gasteiger partial charge in [-0.05, 0) is 51.0 Å². The van der Waals surface area contributed by atoms with Crippen LogP contribution in [0, 0.1) is 5.41 Å². The fraction of sp³-hybridized carbons (Fsp3) is 0.462. The van der Waals surface area contributed by atoms with Crippen molar-refractivity contribution >= 4 is 11.7 Å². The molecule has 0 aromatic heterocycles. The lowest BCUT2D eigenvalue weighted by Crippen LogP contribution is -2.49. The number of ketones is 1. The van der Waals surface area contributed by atoms with Crippen LogP contribution in [0.15, 0.2) is 42.5 Å². The van der Waals surface area contributed by atoms with Crippen LogP contribution in [0.4, 0.5) is 0 Å². The summed E-state index contributed by atoms with van der Waals surface area (Å²) >= 11 is 0. The molecule has 3 atom stereocenters. The van der Waals surface area contributed by atoms with Gasteiger partial charge in [0.15, 0.2) is 17.3 Å². The minimum Gasteiger partial charge on any atom is -0.493 e. The standard InChI is InChI=1S/C26H32N2O4/c1-6-28-23-15-27(17(2)13-18-11-12-21(31-4)22(14-18)32-5)16-26(23,3)24(29)19-9-7-8-10-20(19)25(28)30/h7-12,14,17,23H,6,13,15-16H2,1-5H3/t17?,23-,26+/m1/s1. The number of hydrogen-bond donors (Lipinski definition) is 0. The molecule has 2 aliphatic rings. The Morgan fingerprint density at radius 3 is 2.41 bits per heavy atom. The number of ether oxygens (including phenoxy) is 2. The second kappa shape index (κ2) is 8.58. The first-order valence-corrected chi connectivity index (χ1v) is 11.2. The Morgan fingerprint density at radius 1 is 1.06 bits per heavy atom. The Balaban J connectivity index is 1.61.